The highest BCUT2D eigenvalue weighted by Crippen LogP contribution is 2.29. The number of nitrogens with zero attached hydrogens (tertiary/aromatic N) is 1. The van der Waals surface area contributed by atoms with Gasteiger partial charge in [0.2, 0.25) is 0 Å². The zero-order chi connectivity index (χ0) is 11.9. The summed E-state index contributed by atoms with van der Waals surface area (Å²) in [5.74, 6) is -0.853. The van der Waals surface area contributed by atoms with Crippen molar-refractivity contribution in [2.45, 2.75) is 13.3 Å². The summed E-state index contributed by atoms with van der Waals surface area (Å²) < 4.78 is 1.58. The highest BCUT2D eigenvalue weighted by atomic mass is 16.4. The number of rotatable bonds is 2. The number of phenols is 1. The first-order valence-electron chi connectivity index (χ1n) is 5.09. The number of aromatic carboxylic acids is 1. The van der Waals surface area contributed by atoms with Crippen LogP contribution in [0.3, 0.4) is 0 Å². The van der Waals surface area contributed by atoms with Crippen LogP contribution in [0.15, 0.2) is 18.2 Å². The Bertz CT molecular complexity index is 569. The summed E-state index contributed by atoms with van der Waals surface area (Å²) in [6.07, 6.45) is 0.803. The van der Waals surface area contributed by atoms with Crippen molar-refractivity contribution >= 4 is 16.9 Å². The maximum Gasteiger partial charge on any atom is 0.352 e. The number of fused-ring (bicyclic) bond motifs is 1. The average molecular weight is 219 g/mol. The van der Waals surface area contributed by atoms with Gasteiger partial charge in [-0.25, -0.2) is 4.79 Å². The average Bonchev–Trinajstić information content (AvgIpc) is 2.57. The number of aromatic nitrogens is 1. The fourth-order valence-electron chi connectivity index (χ4n) is 1.88. The molecule has 1 aromatic heterocycles. The summed E-state index contributed by atoms with van der Waals surface area (Å²) in [6.45, 7) is 1.99. The Kier molecular flexibility index (Phi) is 2.34. The molecule has 1 heterocycles. The van der Waals surface area contributed by atoms with Crippen LogP contribution in [0.1, 0.15) is 23.0 Å². The van der Waals surface area contributed by atoms with Crippen molar-refractivity contribution in [3.8, 4) is 5.75 Å². The summed E-state index contributed by atoms with van der Waals surface area (Å²) in [6, 6.07) is 5.07. The molecule has 2 N–H and O–H groups in total. The Morgan fingerprint density at radius 2 is 2.06 bits per heavy atom. The van der Waals surface area contributed by atoms with Crippen molar-refractivity contribution in [1.29, 1.82) is 0 Å². The molecule has 0 radical (unpaired) electrons. The van der Waals surface area contributed by atoms with Crippen molar-refractivity contribution in [3.63, 3.8) is 0 Å². The molecule has 0 fully saturated rings. The third-order valence-corrected chi connectivity index (χ3v) is 2.83. The molecular formula is C12H13NO3. The molecule has 0 atom stereocenters. The predicted octanol–water partition coefficient (Wildman–Crippen LogP) is 2.14. The van der Waals surface area contributed by atoms with Crippen molar-refractivity contribution < 1.29 is 15.0 Å². The Hall–Kier alpha value is -1.97. The molecule has 4 heteroatoms. The van der Waals surface area contributed by atoms with E-state index < -0.39 is 5.97 Å². The first-order chi connectivity index (χ1) is 7.54. The summed E-state index contributed by atoms with van der Waals surface area (Å²) in [4.78, 5) is 11.0. The van der Waals surface area contributed by atoms with E-state index in [9.17, 15) is 9.90 Å². The summed E-state index contributed by atoms with van der Waals surface area (Å²) >= 11 is 0. The molecule has 1 aromatic carbocycles. The van der Waals surface area contributed by atoms with Gasteiger partial charge in [-0.15, -0.1) is 0 Å². The second-order valence-corrected chi connectivity index (χ2v) is 3.80. The lowest BCUT2D eigenvalue weighted by Crippen LogP contribution is -2.03. The quantitative estimate of drug-likeness (QED) is 0.813. The molecule has 0 aliphatic carbocycles. The number of phenolic OH excluding ortho intramolecular Hbond substituents is 1. The van der Waals surface area contributed by atoms with E-state index in [1.807, 2.05) is 13.0 Å². The minimum atomic E-state index is -0.990. The van der Waals surface area contributed by atoms with Gasteiger partial charge in [-0.1, -0.05) is 6.92 Å². The van der Waals surface area contributed by atoms with Crippen LogP contribution in [0.4, 0.5) is 0 Å². The van der Waals surface area contributed by atoms with Gasteiger partial charge in [0.05, 0.1) is 5.52 Å². The standard InChI is InChI=1S/C12H13NO3/c1-3-7-4-9-8(11(14)5-7)6-10(12(15)16)13(9)2/h4-6,14H,3H2,1-2H3,(H,15,16). The number of carbonyl (C=O) groups is 1. The zero-order valence-electron chi connectivity index (χ0n) is 9.19. The first kappa shape index (κ1) is 10.5. The third kappa shape index (κ3) is 1.43. The van der Waals surface area contributed by atoms with Crippen molar-refractivity contribution in [1.82, 2.24) is 4.57 Å². The molecule has 84 valence electrons. The minimum absolute atomic E-state index is 0.137. The van der Waals surface area contributed by atoms with Gasteiger partial charge in [-0.05, 0) is 30.2 Å². The smallest absolute Gasteiger partial charge is 0.352 e. The maximum absolute atomic E-state index is 11.0. The molecule has 0 saturated heterocycles. The van der Waals surface area contributed by atoms with Crippen molar-refractivity contribution in [2.24, 2.45) is 7.05 Å². The van der Waals surface area contributed by atoms with E-state index in [-0.39, 0.29) is 11.4 Å². The maximum atomic E-state index is 11.0. The molecule has 0 spiro atoms. The lowest BCUT2D eigenvalue weighted by Gasteiger charge is -2.03. The van der Waals surface area contributed by atoms with Crippen LogP contribution in [0.5, 0.6) is 5.75 Å². The number of carboxylic acids is 1. The summed E-state index contributed by atoms with van der Waals surface area (Å²) in [5.41, 5.74) is 1.91. The number of carboxylic acid groups (broad SMARTS) is 1. The zero-order valence-corrected chi connectivity index (χ0v) is 9.19. The van der Waals surface area contributed by atoms with Gasteiger partial charge < -0.3 is 14.8 Å². The van der Waals surface area contributed by atoms with E-state index in [4.69, 9.17) is 5.11 Å². The molecule has 0 aliphatic heterocycles. The topological polar surface area (TPSA) is 62.5 Å². The molecule has 0 aliphatic rings. The van der Waals surface area contributed by atoms with E-state index in [2.05, 4.69) is 0 Å². The molecular weight excluding hydrogens is 206 g/mol. The van der Waals surface area contributed by atoms with E-state index in [0.29, 0.717) is 5.39 Å². The van der Waals surface area contributed by atoms with Crippen LogP contribution in [-0.2, 0) is 13.5 Å². The van der Waals surface area contributed by atoms with E-state index >= 15 is 0 Å². The van der Waals surface area contributed by atoms with Gasteiger partial charge in [0.1, 0.15) is 11.4 Å². The fourth-order valence-corrected chi connectivity index (χ4v) is 1.88. The van der Waals surface area contributed by atoms with Crippen LogP contribution < -0.4 is 0 Å². The molecule has 0 unspecified atom stereocenters. The normalized spacial score (nSPS) is 10.9. The van der Waals surface area contributed by atoms with Gasteiger partial charge in [0, 0.05) is 12.4 Å². The first-order valence-corrected chi connectivity index (χ1v) is 5.09. The molecule has 0 amide bonds. The lowest BCUT2D eigenvalue weighted by atomic mass is 10.1. The van der Waals surface area contributed by atoms with Gasteiger partial charge in [-0.3, -0.25) is 0 Å². The van der Waals surface area contributed by atoms with Crippen molar-refractivity contribution in [2.75, 3.05) is 0 Å². The monoisotopic (exact) mass is 219 g/mol. The van der Waals surface area contributed by atoms with E-state index in [1.54, 1.807) is 17.7 Å². The fraction of sp³-hybridized carbons (Fsp3) is 0.250. The number of aromatic hydroxyl groups is 1. The highest BCUT2D eigenvalue weighted by Gasteiger charge is 2.14. The largest absolute Gasteiger partial charge is 0.507 e. The Morgan fingerprint density at radius 3 is 2.62 bits per heavy atom. The van der Waals surface area contributed by atoms with Gasteiger partial charge in [0.15, 0.2) is 0 Å². The minimum Gasteiger partial charge on any atom is -0.507 e. The van der Waals surface area contributed by atoms with Gasteiger partial charge in [0.25, 0.3) is 0 Å². The molecule has 2 aromatic rings. The molecule has 2 rings (SSSR count). The number of hydrogen-bond acceptors (Lipinski definition) is 2. The second-order valence-electron chi connectivity index (χ2n) is 3.80. The van der Waals surface area contributed by atoms with Crippen LogP contribution in [0.25, 0.3) is 10.9 Å². The van der Waals surface area contributed by atoms with Gasteiger partial charge >= 0.3 is 5.97 Å². The number of hydrogen-bond donors (Lipinski definition) is 2. The van der Waals surface area contributed by atoms with Gasteiger partial charge in [-0.2, -0.15) is 0 Å². The van der Waals surface area contributed by atoms with Crippen LogP contribution in [0, 0.1) is 0 Å². The van der Waals surface area contributed by atoms with Crippen LogP contribution in [-0.4, -0.2) is 20.7 Å². The van der Waals surface area contributed by atoms with E-state index in [1.165, 1.54) is 6.07 Å². The molecule has 0 saturated carbocycles. The van der Waals surface area contributed by atoms with Crippen molar-refractivity contribution in [3.05, 3.63) is 29.5 Å². The van der Waals surface area contributed by atoms with Crippen LogP contribution in [0.2, 0.25) is 0 Å². The molecule has 0 bridgehead atoms. The van der Waals surface area contributed by atoms with Crippen LogP contribution >= 0.6 is 0 Å². The SMILES string of the molecule is CCc1cc(O)c2cc(C(=O)O)n(C)c2c1. The Morgan fingerprint density at radius 1 is 1.38 bits per heavy atom. The Balaban J connectivity index is 2.81. The number of benzene rings is 1. The van der Waals surface area contributed by atoms with E-state index in [0.717, 1.165) is 17.5 Å². The Labute approximate surface area is 92.7 Å². The summed E-state index contributed by atoms with van der Waals surface area (Å²) in [7, 11) is 1.69. The number of aryl methyl sites for hydroxylation is 2. The molecule has 4 nitrogen and oxygen atoms in total. The highest BCUT2D eigenvalue weighted by molar-refractivity contribution is 5.97. The summed E-state index contributed by atoms with van der Waals surface area (Å²) in [5, 5.41) is 19.4. The molecule has 16 heavy (non-hydrogen) atoms. The predicted molar refractivity (Wildman–Crippen MR) is 60.9 cm³/mol. The third-order valence-electron chi connectivity index (χ3n) is 2.83. The lowest BCUT2D eigenvalue weighted by molar-refractivity contribution is 0.0687. The second kappa shape index (κ2) is 3.56.